The Balaban J connectivity index is 1.68. The SMILES string of the molecule is CC(C)Cc1cc(CNc2nnnn2-c2ccccc2)on1. The van der Waals surface area contributed by atoms with Crippen molar-refractivity contribution in [2.24, 2.45) is 5.92 Å². The Morgan fingerprint density at radius 2 is 2.05 bits per heavy atom. The lowest BCUT2D eigenvalue weighted by molar-refractivity contribution is 0.378. The number of aromatic nitrogens is 5. The third kappa shape index (κ3) is 3.30. The molecule has 0 radical (unpaired) electrons. The first-order valence-corrected chi connectivity index (χ1v) is 7.24. The van der Waals surface area contributed by atoms with Gasteiger partial charge in [-0.25, -0.2) is 0 Å². The summed E-state index contributed by atoms with van der Waals surface area (Å²) in [7, 11) is 0. The van der Waals surface area contributed by atoms with E-state index in [1.165, 1.54) is 0 Å². The van der Waals surface area contributed by atoms with E-state index in [0.717, 1.165) is 23.6 Å². The number of nitrogens with one attached hydrogen (secondary N) is 1. The molecule has 2 aromatic heterocycles. The van der Waals surface area contributed by atoms with E-state index in [-0.39, 0.29) is 0 Å². The molecule has 114 valence electrons. The highest BCUT2D eigenvalue weighted by Crippen LogP contribution is 2.13. The normalized spacial score (nSPS) is 11.0. The molecule has 0 aliphatic carbocycles. The van der Waals surface area contributed by atoms with E-state index < -0.39 is 0 Å². The predicted molar refractivity (Wildman–Crippen MR) is 81.5 cm³/mol. The molecule has 0 amide bonds. The zero-order valence-corrected chi connectivity index (χ0v) is 12.6. The monoisotopic (exact) mass is 298 g/mol. The Kier molecular flexibility index (Phi) is 4.13. The average molecular weight is 298 g/mol. The van der Waals surface area contributed by atoms with Crippen molar-refractivity contribution in [1.82, 2.24) is 25.4 Å². The number of para-hydroxylation sites is 1. The lowest BCUT2D eigenvalue weighted by Crippen LogP contribution is -2.07. The molecule has 0 saturated heterocycles. The van der Waals surface area contributed by atoms with E-state index in [9.17, 15) is 0 Å². The summed E-state index contributed by atoms with van der Waals surface area (Å²) in [4.78, 5) is 0. The van der Waals surface area contributed by atoms with E-state index in [4.69, 9.17) is 4.52 Å². The number of rotatable bonds is 6. The molecular weight excluding hydrogens is 280 g/mol. The molecule has 0 saturated carbocycles. The van der Waals surface area contributed by atoms with Gasteiger partial charge in [0.1, 0.15) is 0 Å². The van der Waals surface area contributed by atoms with Crippen molar-refractivity contribution in [2.75, 3.05) is 5.32 Å². The molecule has 0 fully saturated rings. The van der Waals surface area contributed by atoms with Crippen molar-refractivity contribution < 1.29 is 4.52 Å². The zero-order chi connectivity index (χ0) is 15.4. The lowest BCUT2D eigenvalue weighted by atomic mass is 10.1. The van der Waals surface area contributed by atoms with Crippen LogP contribution in [-0.4, -0.2) is 25.4 Å². The quantitative estimate of drug-likeness (QED) is 0.753. The van der Waals surface area contributed by atoms with Gasteiger partial charge in [-0.2, -0.15) is 4.68 Å². The topological polar surface area (TPSA) is 81.7 Å². The molecule has 7 heteroatoms. The molecule has 3 rings (SSSR count). The van der Waals surface area contributed by atoms with Gasteiger partial charge in [0.2, 0.25) is 5.95 Å². The molecule has 0 aliphatic heterocycles. The Bertz CT molecular complexity index is 718. The number of tetrazole rings is 1. The van der Waals surface area contributed by atoms with Gasteiger partial charge < -0.3 is 9.84 Å². The van der Waals surface area contributed by atoms with Crippen LogP contribution in [-0.2, 0) is 13.0 Å². The van der Waals surface area contributed by atoms with Crippen LogP contribution >= 0.6 is 0 Å². The van der Waals surface area contributed by atoms with Gasteiger partial charge in [0.25, 0.3) is 0 Å². The third-order valence-corrected chi connectivity index (χ3v) is 3.12. The molecule has 1 N–H and O–H groups in total. The maximum Gasteiger partial charge on any atom is 0.248 e. The molecule has 0 spiro atoms. The van der Waals surface area contributed by atoms with E-state index in [0.29, 0.717) is 18.4 Å². The van der Waals surface area contributed by atoms with Crippen molar-refractivity contribution in [3.8, 4) is 5.69 Å². The van der Waals surface area contributed by atoms with Crippen LogP contribution in [0.3, 0.4) is 0 Å². The smallest absolute Gasteiger partial charge is 0.248 e. The first-order chi connectivity index (χ1) is 10.7. The summed E-state index contributed by atoms with van der Waals surface area (Å²) in [6, 6.07) is 11.7. The van der Waals surface area contributed by atoms with Gasteiger partial charge in [-0.05, 0) is 34.9 Å². The van der Waals surface area contributed by atoms with Crippen LogP contribution in [0.5, 0.6) is 0 Å². The van der Waals surface area contributed by atoms with Crippen LogP contribution in [0.25, 0.3) is 5.69 Å². The van der Waals surface area contributed by atoms with Crippen LogP contribution in [0.15, 0.2) is 40.9 Å². The Morgan fingerprint density at radius 1 is 1.23 bits per heavy atom. The molecule has 0 unspecified atom stereocenters. The highest BCUT2D eigenvalue weighted by molar-refractivity contribution is 5.38. The first-order valence-electron chi connectivity index (χ1n) is 7.24. The summed E-state index contributed by atoms with van der Waals surface area (Å²) in [6.45, 7) is 4.79. The van der Waals surface area contributed by atoms with Crippen molar-refractivity contribution in [1.29, 1.82) is 0 Å². The maximum absolute atomic E-state index is 5.32. The Morgan fingerprint density at radius 3 is 2.82 bits per heavy atom. The van der Waals surface area contributed by atoms with Crippen molar-refractivity contribution in [2.45, 2.75) is 26.8 Å². The number of anilines is 1. The van der Waals surface area contributed by atoms with Gasteiger partial charge in [-0.15, -0.1) is 0 Å². The minimum atomic E-state index is 0.484. The first kappa shape index (κ1) is 14.2. The molecule has 7 nitrogen and oxygen atoms in total. The molecule has 0 bridgehead atoms. The van der Waals surface area contributed by atoms with Gasteiger partial charge >= 0.3 is 0 Å². The molecule has 0 aliphatic rings. The van der Waals surface area contributed by atoms with E-state index in [1.807, 2.05) is 36.4 Å². The van der Waals surface area contributed by atoms with Crippen LogP contribution < -0.4 is 5.32 Å². The van der Waals surface area contributed by atoms with Crippen molar-refractivity contribution in [3.63, 3.8) is 0 Å². The summed E-state index contributed by atoms with van der Waals surface area (Å²) >= 11 is 0. The van der Waals surface area contributed by atoms with Gasteiger partial charge in [0.05, 0.1) is 17.9 Å². The second-order valence-electron chi connectivity index (χ2n) is 5.49. The number of benzene rings is 1. The maximum atomic E-state index is 5.32. The predicted octanol–water partition coefficient (Wildman–Crippen LogP) is 2.46. The Hall–Kier alpha value is -2.70. The van der Waals surface area contributed by atoms with Gasteiger partial charge in [0, 0.05) is 6.07 Å². The molecule has 3 aromatic rings. The number of nitrogens with zero attached hydrogens (tertiary/aromatic N) is 5. The fraction of sp³-hybridized carbons (Fsp3) is 0.333. The van der Waals surface area contributed by atoms with Gasteiger partial charge in [-0.3, -0.25) is 0 Å². The summed E-state index contributed by atoms with van der Waals surface area (Å²) in [6.07, 6.45) is 0.908. The minimum absolute atomic E-state index is 0.484. The summed E-state index contributed by atoms with van der Waals surface area (Å²) in [5.41, 5.74) is 1.86. The summed E-state index contributed by atoms with van der Waals surface area (Å²) in [5, 5.41) is 18.9. The standard InChI is InChI=1S/C15H18N6O/c1-11(2)8-12-9-14(22-18-12)10-16-15-17-19-20-21(15)13-6-4-3-5-7-13/h3-7,9,11H,8,10H2,1-2H3,(H,16,17,20). The van der Waals surface area contributed by atoms with Crippen LogP contribution in [0, 0.1) is 5.92 Å². The van der Waals surface area contributed by atoms with Crippen LogP contribution in [0.4, 0.5) is 5.95 Å². The van der Waals surface area contributed by atoms with E-state index in [2.05, 4.69) is 39.8 Å². The largest absolute Gasteiger partial charge is 0.359 e. The van der Waals surface area contributed by atoms with Gasteiger partial charge in [-0.1, -0.05) is 42.3 Å². The zero-order valence-electron chi connectivity index (χ0n) is 12.6. The number of hydrogen-bond acceptors (Lipinski definition) is 6. The Labute approximate surface area is 128 Å². The fourth-order valence-electron chi connectivity index (χ4n) is 2.16. The molecule has 2 heterocycles. The lowest BCUT2D eigenvalue weighted by Gasteiger charge is -2.04. The third-order valence-electron chi connectivity index (χ3n) is 3.12. The molecule has 22 heavy (non-hydrogen) atoms. The number of hydrogen-bond donors (Lipinski definition) is 1. The summed E-state index contributed by atoms with van der Waals surface area (Å²) in [5.74, 6) is 1.88. The van der Waals surface area contributed by atoms with Crippen molar-refractivity contribution in [3.05, 3.63) is 47.9 Å². The van der Waals surface area contributed by atoms with Crippen LogP contribution in [0.2, 0.25) is 0 Å². The molecular formula is C15H18N6O. The van der Waals surface area contributed by atoms with Crippen LogP contribution in [0.1, 0.15) is 25.3 Å². The summed E-state index contributed by atoms with van der Waals surface area (Å²) < 4.78 is 6.96. The highest BCUT2D eigenvalue weighted by Gasteiger charge is 2.10. The highest BCUT2D eigenvalue weighted by atomic mass is 16.5. The van der Waals surface area contributed by atoms with Crippen molar-refractivity contribution >= 4 is 5.95 Å². The van der Waals surface area contributed by atoms with Gasteiger partial charge in [0.15, 0.2) is 5.76 Å². The second kappa shape index (κ2) is 6.38. The molecule has 1 aromatic carbocycles. The fourth-order valence-corrected chi connectivity index (χ4v) is 2.16. The minimum Gasteiger partial charge on any atom is -0.359 e. The van der Waals surface area contributed by atoms with E-state index in [1.54, 1.807) is 4.68 Å². The van der Waals surface area contributed by atoms with E-state index >= 15 is 0 Å². The average Bonchev–Trinajstić information content (AvgIpc) is 3.14. The molecule has 0 atom stereocenters. The second-order valence-corrected chi connectivity index (χ2v) is 5.49.